The first kappa shape index (κ1) is 17.4. The van der Waals surface area contributed by atoms with Gasteiger partial charge in [-0.3, -0.25) is 9.69 Å². The maximum Gasteiger partial charge on any atom is 0.322 e. The molecule has 2 heterocycles. The third-order valence-electron chi connectivity index (χ3n) is 4.24. The molecule has 1 aliphatic rings. The van der Waals surface area contributed by atoms with E-state index in [0.29, 0.717) is 25.2 Å². The van der Waals surface area contributed by atoms with Gasteiger partial charge in [0.15, 0.2) is 0 Å². The number of nitrogens with zero attached hydrogens (tertiary/aromatic N) is 3. The van der Waals surface area contributed by atoms with Gasteiger partial charge in [0, 0.05) is 36.8 Å². The van der Waals surface area contributed by atoms with Gasteiger partial charge in [-0.25, -0.2) is 9.78 Å². The van der Waals surface area contributed by atoms with Gasteiger partial charge >= 0.3 is 6.03 Å². The van der Waals surface area contributed by atoms with Crippen molar-refractivity contribution in [3.63, 3.8) is 0 Å². The molecule has 0 bridgehead atoms. The lowest BCUT2D eigenvalue weighted by atomic mass is 10.1. The van der Waals surface area contributed by atoms with E-state index in [1.54, 1.807) is 34.3 Å². The van der Waals surface area contributed by atoms with E-state index in [4.69, 9.17) is 0 Å². The van der Waals surface area contributed by atoms with Crippen LogP contribution in [0.2, 0.25) is 0 Å². The fourth-order valence-corrected chi connectivity index (χ4v) is 3.65. The Balaban J connectivity index is 1.73. The van der Waals surface area contributed by atoms with E-state index >= 15 is 0 Å². The smallest absolute Gasteiger partial charge is 0.322 e. The van der Waals surface area contributed by atoms with E-state index in [0.717, 1.165) is 28.4 Å². The first-order valence-electron chi connectivity index (χ1n) is 8.34. The number of hydrogen-bond donors (Lipinski definition) is 1. The van der Waals surface area contributed by atoms with Gasteiger partial charge in [-0.2, -0.15) is 0 Å². The summed E-state index contributed by atoms with van der Waals surface area (Å²) in [5.74, 6) is -0.0495. The average Bonchev–Trinajstić information content (AvgIpc) is 3.23. The molecule has 0 unspecified atom stereocenters. The van der Waals surface area contributed by atoms with Crippen LogP contribution in [0.25, 0.3) is 0 Å². The van der Waals surface area contributed by atoms with E-state index in [1.165, 1.54) is 0 Å². The summed E-state index contributed by atoms with van der Waals surface area (Å²) < 4.78 is 0. The highest BCUT2D eigenvalue weighted by Gasteiger charge is 2.23. The van der Waals surface area contributed by atoms with E-state index < -0.39 is 0 Å². The number of carbonyl (C=O) groups excluding carboxylic acids is 2. The molecule has 6 nitrogen and oxygen atoms in total. The Morgan fingerprint density at radius 3 is 2.84 bits per heavy atom. The number of aryl methyl sites for hydroxylation is 2. The van der Waals surface area contributed by atoms with Crippen molar-refractivity contribution in [2.24, 2.45) is 0 Å². The highest BCUT2D eigenvalue weighted by atomic mass is 32.1. The summed E-state index contributed by atoms with van der Waals surface area (Å²) in [6.45, 7) is 5.78. The van der Waals surface area contributed by atoms with Gasteiger partial charge in [-0.05, 0) is 37.1 Å². The minimum atomic E-state index is -0.0884. The number of carbonyl (C=O) groups is 2. The second-order valence-electron chi connectivity index (χ2n) is 6.13. The quantitative estimate of drug-likeness (QED) is 0.894. The Morgan fingerprint density at radius 1 is 1.44 bits per heavy atom. The van der Waals surface area contributed by atoms with Gasteiger partial charge in [0.2, 0.25) is 0 Å². The average molecular weight is 358 g/mol. The number of aromatic nitrogens is 1. The zero-order valence-corrected chi connectivity index (χ0v) is 15.5. The Bertz CT molecular complexity index is 802. The SMILES string of the molecule is CCc1nc(CN(C)C(=O)c2ccc(N3CCNC3=O)c(C)c2)cs1. The molecular weight excluding hydrogens is 336 g/mol. The summed E-state index contributed by atoms with van der Waals surface area (Å²) in [7, 11) is 1.78. The molecule has 0 radical (unpaired) electrons. The molecule has 1 saturated heterocycles. The van der Waals surface area contributed by atoms with Crippen LogP contribution in [0.1, 0.15) is 33.5 Å². The number of nitrogens with one attached hydrogen (secondary N) is 1. The maximum atomic E-state index is 12.7. The number of anilines is 1. The lowest BCUT2D eigenvalue weighted by molar-refractivity contribution is 0.0783. The lowest BCUT2D eigenvalue weighted by Crippen LogP contribution is -2.29. The lowest BCUT2D eigenvalue weighted by Gasteiger charge is -2.20. The summed E-state index contributed by atoms with van der Waals surface area (Å²) in [6.07, 6.45) is 0.910. The van der Waals surface area contributed by atoms with Gasteiger partial charge in [0.25, 0.3) is 5.91 Å². The molecule has 1 aliphatic heterocycles. The van der Waals surface area contributed by atoms with Crippen LogP contribution in [0, 0.1) is 6.92 Å². The summed E-state index contributed by atoms with van der Waals surface area (Å²) >= 11 is 1.63. The normalized spacial score (nSPS) is 13.9. The van der Waals surface area contributed by atoms with E-state index in [9.17, 15) is 9.59 Å². The fourth-order valence-electron chi connectivity index (χ4n) is 2.91. The molecule has 0 atom stereocenters. The highest BCUT2D eigenvalue weighted by Crippen LogP contribution is 2.23. The molecule has 0 spiro atoms. The summed E-state index contributed by atoms with van der Waals surface area (Å²) in [5, 5.41) is 5.88. The van der Waals surface area contributed by atoms with Crippen molar-refractivity contribution >= 4 is 29.0 Å². The van der Waals surface area contributed by atoms with Crippen molar-refractivity contribution < 1.29 is 9.59 Å². The Morgan fingerprint density at radius 2 is 2.24 bits per heavy atom. The van der Waals surface area contributed by atoms with Crippen molar-refractivity contribution in [2.45, 2.75) is 26.8 Å². The van der Waals surface area contributed by atoms with Gasteiger partial charge in [0.05, 0.1) is 17.2 Å². The number of benzene rings is 1. The van der Waals surface area contributed by atoms with Gasteiger partial charge in [-0.1, -0.05) is 6.92 Å². The first-order valence-corrected chi connectivity index (χ1v) is 9.22. The molecule has 7 heteroatoms. The molecule has 1 N–H and O–H groups in total. The van der Waals surface area contributed by atoms with E-state index in [2.05, 4.69) is 17.2 Å². The van der Waals surface area contributed by atoms with Crippen molar-refractivity contribution in [2.75, 3.05) is 25.0 Å². The predicted octanol–water partition coefficient (Wildman–Crippen LogP) is 2.82. The molecule has 0 saturated carbocycles. The van der Waals surface area contributed by atoms with Crippen molar-refractivity contribution in [3.05, 3.63) is 45.4 Å². The topological polar surface area (TPSA) is 65.5 Å². The van der Waals surface area contributed by atoms with Crippen LogP contribution in [0.15, 0.2) is 23.6 Å². The fraction of sp³-hybridized carbons (Fsp3) is 0.389. The van der Waals surface area contributed by atoms with Crippen molar-refractivity contribution in [1.82, 2.24) is 15.2 Å². The van der Waals surface area contributed by atoms with Gasteiger partial charge in [0.1, 0.15) is 0 Å². The molecule has 0 aliphatic carbocycles. The van der Waals surface area contributed by atoms with Crippen LogP contribution in [0.3, 0.4) is 0 Å². The highest BCUT2D eigenvalue weighted by molar-refractivity contribution is 7.09. The molecule has 25 heavy (non-hydrogen) atoms. The standard InChI is InChI=1S/C18H22N4O2S/c1-4-16-20-14(11-25-16)10-21(3)17(23)13-5-6-15(12(2)9-13)22-8-7-19-18(22)24/h5-6,9,11H,4,7-8,10H2,1-3H3,(H,19,24). The number of thiazole rings is 1. The molecule has 1 fully saturated rings. The first-order chi connectivity index (χ1) is 12.0. The van der Waals surface area contributed by atoms with Crippen LogP contribution in [0.4, 0.5) is 10.5 Å². The minimum Gasteiger partial charge on any atom is -0.336 e. The van der Waals surface area contributed by atoms with Crippen LogP contribution in [-0.4, -0.2) is 42.0 Å². The van der Waals surface area contributed by atoms with Crippen LogP contribution in [0.5, 0.6) is 0 Å². The third-order valence-corrected chi connectivity index (χ3v) is 5.28. The maximum absolute atomic E-state index is 12.7. The van der Waals surface area contributed by atoms with Gasteiger partial charge < -0.3 is 10.2 Å². The largest absolute Gasteiger partial charge is 0.336 e. The molecular formula is C18H22N4O2S. The second-order valence-corrected chi connectivity index (χ2v) is 7.07. The van der Waals surface area contributed by atoms with E-state index in [-0.39, 0.29) is 11.9 Å². The Labute approximate surface area is 151 Å². The van der Waals surface area contributed by atoms with Crippen molar-refractivity contribution in [1.29, 1.82) is 0 Å². The van der Waals surface area contributed by atoms with E-state index in [1.807, 2.05) is 24.4 Å². The molecule has 3 amide bonds. The van der Waals surface area contributed by atoms with Crippen LogP contribution < -0.4 is 10.2 Å². The number of rotatable bonds is 5. The summed E-state index contributed by atoms with van der Waals surface area (Å²) in [6, 6.07) is 5.39. The Kier molecular flexibility index (Phi) is 5.03. The monoisotopic (exact) mass is 358 g/mol. The van der Waals surface area contributed by atoms with Crippen LogP contribution >= 0.6 is 11.3 Å². The molecule has 3 rings (SSSR count). The Hall–Kier alpha value is -2.41. The summed E-state index contributed by atoms with van der Waals surface area (Å²) in [5.41, 5.74) is 3.30. The van der Waals surface area contributed by atoms with Crippen molar-refractivity contribution in [3.8, 4) is 0 Å². The van der Waals surface area contributed by atoms with Gasteiger partial charge in [-0.15, -0.1) is 11.3 Å². The molecule has 1 aromatic heterocycles. The number of urea groups is 1. The zero-order chi connectivity index (χ0) is 18.0. The third kappa shape index (κ3) is 3.66. The number of hydrogen-bond acceptors (Lipinski definition) is 4. The molecule has 1 aromatic carbocycles. The molecule has 2 aromatic rings. The molecule has 132 valence electrons. The summed E-state index contributed by atoms with van der Waals surface area (Å²) in [4.78, 5) is 32.4. The number of amides is 3. The van der Waals surface area contributed by atoms with Crippen LogP contribution in [-0.2, 0) is 13.0 Å². The minimum absolute atomic E-state index is 0.0495. The second kappa shape index (κ2) is 7.23. The predicted molar refractivity (Wildman–Crippen MR) is 99.2 cm³/mol. The zero-order valence-electron chi connectivity index (χ0n) is 14.7.